The highest BCUT2D eigenvalue weighted by Gasteiger charge is 1.85. The first-order chi connectivity index (χ1) is 3.80. The molecule has 1 nitrogen and oxygen atoms in total. The van der Waals surface area contributed by atoms with Crippen LogP contribution in [0.15, 0.2) is 18.5 Å². The van der Waals surface area contributed by atoms with Crippen LogP contribution in [-0.4, -0.2) is 4.98 Å². The maximum Gasteiger partial charge on any atom is 0.0299 e. The van der Waals surface area contributed by atoms with E-state index in [0.29, 0.717) is 0 Å². The van der Waals surface area contributed by atoms with Crippen molar-refractivity contribution in [1.29, 1.82) is 0 Å². The van der Waals surface area contributed by atoms with Gasteiger partial charge in [0.15, 0.2) is 0 Å². The van der Waals surface area contributed by atoms with Gasteiger partial charge in [0.2, 0.25) is 0 Å². The summed E-state index contributed by atoms with van der Waals surface area (Å²) in [5.74, 6) is 0. The number of pyridine rings is 1. The first kappa shape index (κ1) is 5.29. The minimum atomic E-state index is 0.806. The second-order valence-electron chi connectivity index (χ2n) is 1.73. The Kier molecular flexibility index (Phi) is 1.29. The van der Waals surface area contributed by atoms with Crippen LogP contribution < -0.4 is 0 Å². The normalized spacial score (nSPS) is 9.25. The van der Waals surface area contributed by atoms with E-state index in [1.807, 2.05) is 6.92 Å². The zero-order chi connectivity index (χ0) is 5.98. The van der Waals surface area contributed by atoms with Crippen LogP contribution >= 0.6 is 0 Å². The summed E-state index contributed by atoms with van der Waals surface area (Å²) in [6, 6.07) is 1.79. The van der Waals surface area contributed by atoms with Crippen molar-refractivity contribution < 1.29 is 0 Å². The summed E-state index contributed by atoms with van der Waals surface area (Å²) in [7, 11) is 0. The maximum absolute atomic E-state index is 5.48. The van der Waals surface area contributed by atoms with Gasteiger partial charge in [0.05, 0.1) is 0 Å². The Labute approximate surface area is 49.4 Å². The van der Waals surface area contributed by atoms with Crippen molar-refractivity contribution in [3.05, 3.63) is 36.5 Å². The van der Waals surface area contributed by atoms with Crippen molar-refractivity contribution in [3.63, 3.8) is 0 Å². The molecule has 8 heavy (non-hydrogen) atoms. The van der Waals surface area contributed by atoms with Gasteiger partial charge in [-0.15, -0.1) is 0 Å². The molecule has 0 spiro atoms. The topological polar surface area (TPSA) is 12.9 Å². The molecule has 0 aliphatic carbocycles. The molecule has 0 bridgehead atoms. The fraction of sp³-hybridized carbons (Fsp3) is 0.143. The second-order valence-corrected chi connectivity index (χ2v) is 1.73. The molecular formula is C7H7N. The number of hydrogen-bond acceptors (Lipinski definition) is 1. The van der Waals surface area contributed by atoms with E-state index in [0.717, 1.165) is 11.1 Å². The van der Waals surface area contributed by atoms with Crippen LogP contribution in [0.2, 0.25) is 0 Å². The van der Waals surface area contributed by atoms with E-state index in [-0.39, 0.29) is 0 Å². The minimum Gasteiger partial charge on any atom is -0.264 e. The molecule has 0 saturated heterocycles. The fourth-order valence-corrected chi connectivity index (χ4v) is 0.484. The summed E-state index contributed by atoms with van der Waals surface area (Å²) in [6.07, 6.45) is 3.43. The van der Waals surface area contributed by atoms with Crippen molar-refractivity contribution in [2.24, 2.45) is 0 Å². The standard InChI is InChI=1S/C7H7N/c1-6-3-4-8-5-7(6)2/h1,3-5H,2H3. The van der Waals surface area contributed by atoms with Gasteiger partial charge >= 0.3 is 0 Å². The molecule has 0 aromatic carbocycles. The zero-order valence-electron chi connectivity index (χ0n) is 4.76. The molecule has 0 amide bonds. The van der Waals surface area contributed by atoms with Crippen LogP contribution in [0, 0.1) is 13.8 Å². The molecule has 1 rings (SSSR count). The van der Waals surface area contributed by atoms with Gasteiger partial charge in [0.25, 0.3) is 0 Å². The lowest BCUT2D eigenvalue weighted by Gasteiger charge is -1.92. The summed E-state index contributed by atoms with van der Waals surface area (Å²) >= 11 is 0. The summed E-state index contributed by atoms with van der Waals surface area (Å²) in [5.41, 5.74) is 1.84. The molecule has 1 heteroatoms. The van der Waals surface area contributed by atoms with Gasteiger partial charge in [0, 0.05) is 12.4 Å². The molecular weight excluding hydrogens is 98.1 g/mol. The van der Waals surface area contributed by atoms with Gasteiger partial charge in [0.1, 0.15) is 0 Å². The molecule has 0 unspecified atom stereocenters. The molecule has 0 aliphatic rings. The lowest BCUT2D eigenvalue weighted by molar-refractivity contribution is 1.25. The monoisotopic (exact) mass is 105 g/mol. The Morgan fingerprint density at radius 2 is 2.38 bits per heavy atom. The predicted octanol–water partition coefficient (Wildman–Crippen LogP) is 1.45. The molecule has 0 saturated carbocycles. The van der Waals surface area contributed by atoms with E-state index in [1.165, 1.54) is 0 Å². The molecule has 0 aliphatic heterocycles. The van der Waals surface area contributed by atoms with E-state index in [4.69, 9.17) is 6.92 Å². The third-order valence-corrected chi connectivity index (χ3v) is 1.06. The largest absolute Gasteiger partial charge is 0.264 e. The zero-order valence-corrected chi connectivity index (χ0v) is 4.76. The van der Waals surface area contributed by atoms with Gasteiger partial charge in [-0.1, -0.05) is 0 Å². The first-order valence-corrected chi connectivity index (χ1v) is 2.47. The number of nitrogens with zero attached hydrogens (tertiary/aromatic N) is 1. The minimum absolute atomic E-state index is 0.806. The number of rotatable bonds is 0. The van der Waals surface area contributed by atoms with Crippen molar-refractivity contribution in [2.45, 2.75) is 6.92 Å². The van der Waals surface area contributed by atoms with Gasteiger partial charge in [-0.3, -0.25) is 4.98 Å². The smallest absolute Gasteiger partial charge is 0.0299 e. The van der Waals surface area contributed by atoms with Gasteiger partial charge in [-0.2, -0.15) is 0 Å². The third kappa shape index (κ3) is 0.861. The van der Waals surface area contributed by atoms with Crippen LogP contribution in [0.1, 0.15) is 11.1 Å². The molecule has 1 aromatic heterocycles. The van der Waals surface area contributed by atoms with Gasteiger partial charge < -0.3 is 0 Å². The molecule has 0 fully saturated rings. The first-order valence-electron chi connectivity index (χ1n) is 2.47. The lowest BCUT2D eigenvalue weighted by Crippen LogP contribution is -1.78. The Balaban J connectivity index is 3.13. The Morgan fingerprint density at radius 1 is 1.62 bits per heavy atom. The Morgan fingerprint density at radius 3 is 2.75 bits per heavy atom. The van der Waals surface area contributed by atoms with E-state index < -0.39 is 0 Å². The molecule has 0 N–H and O–H groups in total. The van der Waals surface area contributed by atoms with Crippen LogP contribution in [0.5, 0.6) is 0 Å². The summed E-state index contributed by atoms with van der Waals surface area (Å²) in [6.45, 7) is 7.41. The molecule has 40 valence electrons. The van der Waals surface area contributed by atoms with Crippen LogP contribution in [0.4, 0.5) is 0 Å². The van der Waals surface area contributed by atoms with Crippen LogP contribution in [0.25, 0.3) is 0 Å². The molecule has 0 atom stereocenters. The summed E-state index contributed by atoms with van der Waals surface area (Å²) in [4.78, 5) is 3.87. The van der Waals surface area contributed by atoms with E-state index in [9.17, 15) is 0 Å². The number of aryl methyl sites for hydroxylation is 1. The lowest BCUT2D eigenvalue weighted by atomic mass is 10.2. The molecule has 1 heterocycles. The third-order valence-electron chi connectivity index (χ3n) is 1.06. The van der Waals surface area contributed by atoms with Crippen molar-refractivity contribution >= 4 is 0 Å². The molecule has 2 radical (unpaired) electrons. The quantitative estimate of drug-likeness (QED) is 0.486. The van der Waals surface area contributed by atoms with Crippen molar-refractivity contribution in [3.8, 4) is 0 Å². The predicted molar refractivity (Wildman–Crippen MR) is 32.4 cm³/mol. The average Bonchev–Trinajstić information content (AvgIpc) is 1.77. The van der Waals surface area contributed by atoms with E-state index >= 15 is 0 Å². The SMILES string of the molecule is [CH]c1ccncc1C. The summed E-state index contributed by atoms with van der Waals surface area (Å²) < 4.78 is 0. The van der Waals surface area contributed by atoms with Crippen molar-refractivity contribution in [1.82, 2.24) is 4.98 Å². The highest BCUT2D eigenvalue weighted by Crippen LogP contribution is 2.00. The highest BCUT2D eigenvalue weighted by atomic mass is 14.6. The van der Waals surface area contributed by atoms with E-state index in [1.54, 1.807) is 18.5 Å². The van der Waals surface area contributed by atoms with Crippen LogP contribution in [0.3, 0.4) is 0 Å². The Hall–Kier alpha value is -0.850. The van der Waals surface area contributed by atoms with Crippen molar-refractivity contribution in [2.75, 3.05) is 0 Å². The highest BCUT2D eigenvalue weighted by molar-refractivity contribution is 5.23. The maximum atomic E-state index is 5.48. The average molecular weight is 105 g/mol. The Bertz CT molecular complexity index is 160. The summed E-state index contributed by atoms with van der Waals surface area (Å²) in [5, 5.41) is 0. The fourth-order valence-electron chi connectivity index (χ4n) is 0.484. The van der Waals surface area contributed by atoms with Gasteiger partial charge in [-0.05, 0) is 31.0 Å². The number of hydrogen-bond donors (Lipinski definition) is 0. The van der Waals surface area contributed by atoms with E-state index in [2.05, 4.69) is 4.98 Å². The second kappa shape index (κ2) is 1.95. The van der Waals surface area contributed by atoms with Gasteiger partial charge in [-0.25, -0.2) is 0 Å². The van der Waals surface area contributed by atoms with Crippen LogP contribution in [-0.2, 0) is 0 Å². The number of aromatic nitrogens is 1. The molecule has 1 aromatic rings.